The van der Waals surface area contributed by atoms with E-state index in [-0.39, 0.29) is 5.60 Å². The molecule has 184 valence electrons. The van der Waals surface area contributed by atoms with Gasteiger partial charge in [-0.1, -0.05) is 18.2 Å². The number of fused-ring (bicyclic) bond motifs is 1. The molecule has 2 aromatic carbocycles. The van der Waals surface area contributed by atoms with Crippen molar-refractivity contribution in [1.82, 2.24) is 9.29 Å². The summed E-state index contributed by atoms with van der Waals surface area (Å²) in [6.45, 7) is 7.66. The third kappa shape index (κ3) is 6.09. The molecule has 0 amide bonds. The van der Waals surface area contributed by atoms with Crippen LogP contribution in [0.15, 0.2) is 59.6 Å². The summed E-state index contributed by atoms with van der Waals surface area (Å²) in [5.41, 5.74) is 1.17. The first kappa shape index (κ1) is 25.6. The average Bonchev–Trinajstić information content (AvgIpc) is 3.09. The molecule has 3 aromatic rings. The fraction of sp³-hybridized carbons (Fsp3) is 0.348. The van der Waals surface area contributed by atoms with Crippen LogP contribution >= 0.6 is 0 Å². The van der Waals surface area contributed by atoms with Crippen molar-refractivity contribution in [3.63, 3.8) is 0 Å². The van der Waals surface area contributed by atoms with Crippen LogP contribution < -0.4 is 10.1 Å². The van der Waals surface area contributed by atoms with Gasteiger partial charge in [0.25, 0.3) is 16.5 Å². The highest BCUT2D eigenvalue weighted by Crippen LogP contribution is 2.33. The first-order chi connectivity index (χ1) is 15.8. The average molecular weight is 499 g/mol. The van der Waals surface area contributed by atoms with Gasteiger partial charge in [-0.2, -0.15) is 0 Å². The number of nitrogens with one attached hydrogen (secondary N) is 1. The molecule has 1 aromatic heterocycles. The quantitative estimate of drug-likeness (QED) is 0.524. The third-order valence-corrected chi connectivity index (χ3v) is 6.67. The highest BCUT2D eigenvalue weighted by Gasteiger charge is 2.34. The second kappa shape index (κ2) is 9.67. The topological polar surface area (TPSA) is 86.6 Å². The Labute approximate surface area is 195 Å². The smallest absolute Gasteiger partial charge is 0.462 e. The Morgan fingerprint density at radius 3 is 2.26 bits per heavy atom. The summed E-state index contributed by atoms with van der Waals surface area (Å²) in [7, 11) is -4.27. The van der Waals surface area contributed by atoms with Crippen LogP contribution in [0.3, 0.4) is 0 Å². The summed E-state index contributed by atoms with van der Waals surface area (Å²) in [6.07, 6.45) is -3.65. The molecule has 0 aliphatic carbocycles. The van der Waals surface area contributed by atoms with E-state index >= 15 is 0 Å². The van der Waals surface area contributed by atoms with Gasteiger partial charge in [-0.05, 0) is 56.7 Å². The maximum absolute atomic E-state index is 13.0. The van der Waals surface area contributed by atoms with Crippen LogP contribution in [0.5, 0.6) is 5.75 Å². The lowest BCUT2D eigenvalue weighted by molar-refractivity contribution is -0.275. The van der Waals surface area contributed by atoms with E-state index in [9.17, 15) is 26.4 Å². The molecule has 7 nitrogen and oxygen atoms in total. The van der Waals surface area contributed by atoms with Gasteiger partial charge in [0.2, 0.25) is 0 Å². The van der Waals surface area contributed by atoms with Crippen molar-refractivity contribution >= 4 is 27.4 Å². The van der Waals surface area contributed by atoms with Gasteiger partial charge in [0.15, 0.2) is 0 Å². The Morgan fingerprint density at radius 1 is 1.06 bits per heavy atom. The van der Waals surface area contributed by atoms with E-state index < -0.39 is 27.0 Å². The van der Waals surface area contributed by atoms with Crippen molar-refractivity contribution in [3.05, 3.63) is 60.3 Å². The zero-order valence-electron chi connectivity index (χ0n) is 18.8. The van der Waals surface area contributed by atoms with Gasteiger partial charge in [-0.15, -0.1) is 13.2 Å². The van der Waals surface area contributed by atoms with Crippen molar-refractivity contribution in [2.24, 2.45) is 0 Å². The molecule has 1 N–H and O–H groups in total. The number of hydrogen-bond donors (Lipinski definition) is 1. The number of para-hydroxylation sites is 1. The predicted octanol–water partition coefficient (Wildman–Crippen LogP) is 4.42. The van der Waals surface area contributed by atoms with Crippen LogP contribution in [0.4, 0.5) is 13.2 Å². The van der Waals surface area contributed by atoms with Crippen LogP contribution in [0, 0.1) is 0 Å². The van der Waals surface area contributed by atoms with Gasteiger partial charge in [-0.3, -0.25) is 4.79 Å². The van der Waals surface area contributed by atoms with Gasteiger partial charge in [-0.25, -0.2) is 12.4 Å². The number of alkyl halides is 3. The fourth-order valence-corrected chi connectivity index (χ4v) is 4.72. The van der Waals surface area contributed by atoms with Crippen LogP contribution in [-0.4, -0.2) is 43.9 Å². The molecule has 34 heavy (non-hydrogen) atoms. The molecule has 0 radical (unpaired) electrons. The van der Waals surface area contributed by atoms with Crippen molar-refractivity contribution in [3.8, 4) is 5.75 Å². The zero-order valence-corrected chi connectivity index (χ0v) is 19.6. The van der Waals surface area contributed by atoms with Crippen molar-refractivity contribution in [2.45, 2.75) is 43.5 Å². The summed E-state index contributed by atoms with van der Waals surface area (Å²) in [5.74, 6) is -0.376. The van der Waals surface area contributed by atoms with Gasteiger partial charge in [0.05, 0.1) is 5.52 Å². The minimum Gasteiger partial charge on any atom is -0.462 e. The van der Waals surface area contributed by atoms with Crippen molar-refractivity contribution in [2.75, 3.05) is 13.1 Å². The highest BCUT2D eigenvalue weighted by atomic mass is 32.2. The molecule has 1 aliphatic heterocycles. The molecule has 0 spiro atoms. The molecule has 2 heterocycles. The lowest BCUT2D eigenvalue weighted by atomic mass is 9.93. The third-order valence-electron chi connectivity index (χ3n) is 4.94. The second-order valence-electron chi connectivity index (χ2n) is 8.61. The van der Waals surface area contributed by atoms with E-state index in [4.69, 9.17) is 0 Å². The van der Waals surface area contributed by atoms with Gasteiger partial charge < -0.3 is 14.8 Å². The zero-order chi connectivity index (χ0) is 25.1. The second-order valence-corrected chi connectivity index (χ2v) is 10.4. The normalized spacial score (nSPS) is 14.6. The summed E-state index contributed by atoms with van der Waals surface area (Å²) < 4.78 is 73.3. The summed E-state index contributed by atoms with van der Waals surface area (Å²) >= 11 is 0. The number of benzene rings is 2. The Balaban J connectivity index is 0.000000406. The van der Waals surface area contributed by atoms with E-state index in [1.807, 2.05) is 32.9 Å². The number of halogens is 3. The molecule has 1 aliphatic rings. The lowest BCUT2D eigenvalue weighted by Gasteiger charge is -2.27. The van der Waals surface area contributed by atoms with Gasteiger partial charge in [0, 0.05) is 30.6 Å². The molecular formula is C23H25F3N2O5S. The molecule has 1 saturated heterocycles. The molecule has 0 atom stereocenters. The van der Waals surface area contributed by atoms with Crippen molar-refractivity contribution < 1.29 is 35.9 Å². The molecule has 4 rings (SSSR count). The summed E-state index contributed by atoms with van der Waals surface area (Å²) in [5, 5.41) is 3.88. The monoisotopic (exact) mass is 498 g/mol. The summed E-state index contributed by atoms with van der Waals surface area (Å²) in [4.78, 5) is 9.05. The maximum atomic E-state index is 13.0. The van der Waals surface area contributed by atoms with Gasteiger partial charge >= 0.3 is 6.36 Å². The molecule has 0 saturated carbocycles. The van der Waals surface area contributed by atoms with E-state index in [0.717, 1.165) is 34.8 Å². The maximum Gasteiger partial charge on any atom is 0.573 e. The standard InChI is InChI=1S/C18H15F3N2O3S.C5H10O2/c19-18(20,21)26-16-3-1-2-4-17(16)27(24,25)23-8-7-13-9-12(5-6-15(13)23)14-10-22-11-14;1-5(2,3)7-4-6/h1-9,14,22H,10-11H2;4H,1-3H3. The van der Waals surface area contributed by atoms with Crippen molar-refractivity contribution in [1.29, 1.82) is 0 Å². The minimum absolute atomic E-state index is 0.318. The number of hydrogen-bond acceptors (Lipinski definition) is 6. The van der Waals surface area contributed by atoms with Gasteiger partial charge in [0.1, 0.15) is 16.2 Å². The van der Waals surface area contributed by atoms with E-state index in [0.29, 0.717) is 23.3 Å². The molecule has 0 unspecified atom stereocenters. The number of rotatable bonds is 5. The Morgan fingerprint density at radius 2 is 1.74 bits per heavy atom. The fourth-order valence-electron chi connectivity index (χ4n) is 3.25. The minimum atomic E-state index is -4.99. The number of carbonyl (C=O) groups is 1. The number of aromatic nitrogens is 1. The lowest BCUT2D eigenvalue weighted by Crippen LogP contribution is -2.39. The number of nitrogens with zero attached hydrogens (tertiary/aromatic N) is 1. The number of ether oxygens (including phenoxy) is 2. The van der Waals surface area contributed by atoms with Crippen LogP contribution in [0.25, 0.3) is 10.9 Å². The molecule has 11 heteroatoms. The van der Waals surface area contributed by atoms with Crippen LogP contribution in [-0.2, 0) is 19.6 Å². The largest absolute Gasteiger partial charge is 0.573 e. The summed E-state index contributed by atoms with van der Waals surface area (Å²) in [6, 6.07) is 11.8. The molecular weight excluding hydrogens is 473 g/mol. The van der Waals surface area contributed by atoms with Crippen LogP contribution in [0.1, 0.15) is 32.3 Å². The Hall–Kier alpha value is -3.05. The highest BCUT2D eigenvalue weighted by molar-refractivity contribution is 7.90. The van der Waals surface area contributed by atoms with Crippen LogP contribution in [0.2, 0.25) is 0 Å². The SMILES string of the molecule is CC(C)(C)OC=O.O=S(=O)(c1ccccc1OC(F)(F)F)n1ccc2cc(C3CNC3)ccc21. The van der Waals surface area contributed by atoms with E-state index in [1.165, 1.54) is 18.3 Å². The molecule has 1 fully saturated rings. The molecule has 0 bridgehead atoms. The van der Waals surface area contributed by atoms with E-state index in [2.05, 4.69) is 14.8 Å². The Kier molecular flexibility index (Phi) is 7.27. The Bertz CT molecular complexity index is 1260. The first-order valence-electron chi connectivity index (χ1n) is 10.4. The predicted molar refractivity (Wildman–Crippen MR) is 120 cm³/mol. The first-order valence-corrected chi connectivity index (χ1v) is 11.8. The number of carbonyl (C=O) groups excluding carboxylic acids is 1. The van der Waals surface area contributed by atoms with E-state index in [1.54, 1.807) is 12.1 Å².